The zero-order valence-corrected chi connectivity index (χ0v) is 14.3. The van der Waals surface area contributed by atoms with Crippen LogP contribution in [-0.2, 0) is 14.3 Å². The van der Waals surface area contributed by atoms with Crippen molar-refractivity contribution in [2.75, 3.05) is 13.1 Å². The van der Waals surface area contributed by atoms with Crippen LogP contribution in [0.3, 0.4) is 0 Å². The van der Waals surface area contributed by atoms with Gasteiger partial charge in [-0.1, -0.05) is 6.92 Å². The number of rotatable bonds is 5. The van der Waals surface area contributed by atoms with Crippen LogP contribution < -0.4 is 5.32 Å². The molecular formula is C16H30N2O3. The summed E-state index contributed by atoms with van der Waals surface area (Å²) in [4.78, 5) is 26.2. The highest BCUT2D eigenvalue weighted by Gasteiger charge is 2.35. The van der Waals surface area contributed by atoms with Gasteiger partial charge in [-0.2, -0.15) is 0 Å². The van der Waals surface area contributed by atoms with Gasteiger partial charge in [0.1, 0.15) is 11.6 Å². The molecule has 0 aromatic carbocycles. The van der Waals surface area contributed by atoms with Crippen molar-refractivity contribution in [1.82, 2.24) is 10.2 Å². The number of ether oxygens (including phenoxy) is 1. The lowest BCUT2D eigenvalue weighted by Gasteiger charge is -2.29. The molecular weight excluding hydrogens is 268 g/mol. The van der Waals surface area contributed by atoms with Gasteiger partial charge >= 0.3 is 5.97 Å². The summed E-state index contributed by atoms with van der Waals surface area (Å²) >= 11 is 0. The molecule has 0 aliphatic carbocycles. The Kier molecular flexibility index (Phi) is 5.79. The third kappa shape index (κ3) is 6.04. The fourth-order valence-corrected chi connectivity index (χ4v) is 2.34. The monoisotopic (exact) mass is 298 g/mol. The minimum absolute atomic E-state index is 0.0303. The third-order valence-corrected chi connectivity index (χ3v) is 3.75. The van der Waals surface area contributed by atoms with Crippen molar-refractivity contribution < 1.29 is 14.3 Å². The number of hydrogen-bond donors (Lipinski definition) is 1. The molecule has 0 radical (unpaired) electrons. The molecule has 0 aromatic rings. The zero-order chi connectivity index (χ0) is 16.3. The molecule has 0 aromatic heterocycles. The zero-order valence-electron chi connectivity index (χ0n) is 14.3. The normalized spacial score (nSPS) is 20.4. The Balaban J connectivity index is 2.58. The van der Waals surface area contributed by atoms with Gasteiger partial charge in [0, 0.05) is 5.54 Å². The molecule has 1 fully saturated rings. The van der Waals surface area contributed by atoms with Gasteiger partial charge in [-0.3, -0.25) is 14.5 Å². The molecule has 1 saturated heterocycles. The Hall–Kier alpha value is -1.10. The molecule has 0 spiro atoms. The van der Waals surface area contributed by atoms with Crippen LogP contribution in [0.25, 0.3) is 0 Å². The molecule has 122 valence electrons. The first-order valence-corrected chi connectivity index (χ1v) is 7.82. The summed E-state index contributed by atoms with van der Waals surface area (Å²) in [5.41, 5.74) is -0.698. The smallest absolute Gasteiger partial charge is 0.323 e. The van der Waals surface area contributed by atoms with E-state index >= 15 is 0 Å². The van der Waals surface area contributed by atoms with Crippen molar-refractivity contribution >= 4 is 11.9 Å². The highest BCUT2D eigenvalue weighted by atomic mass is 16.6. The summed E-state index contributed by atoms with van der Waals surface area (Å²) in [5, 5.41) is 3.01. The Labute approximate surface area is 128 Å². The fraction of sp³-hybridized carbons (Fsp3) is 0.875. The van der Waals surface area contributed by atoms with Crippen LogP contribution in [0.2, 0.25) is 0 Å². The quantitative estimate of drug-likeness (QED) is 0.790. The van der Waals surface area contributed by atoms with E-state index in [9.17, 15) is 9.59 Å². The average molecular weight is 298 g/mol. The van der Waals surface area contributed by atoms with Crippen molar-refractivity contribution in [1.29, 1.82) is 0 Å². The molecule has 1 aliphatic rings. The molecule has 5 nitrogen and oxygen atoms in total. The van der Waals surface area contributed by atoms with Crippen molar-refractivity contribution in [3.8, 4) is 0 Å². The maximum absolute atomic E-state index is 12.2. The van der Waals surface area contributed by atoms with Gasteiger partial charge in [0.15, 0.2) is 0 Å². The van der Waals surface area contributed by atoms with Gasteiger partial charge in [0.2, 0.25) is 5.91 Å². The van der Waals surface area contributed by atoms with E-state index in [0.717, 1.165) is 25.8 Å². The summed E-state index contributed by atoms with van der Waals surface area (Å²) in [5.74, 6) is -0.250. The van der Waals surface area contributed by atoms with Crippen LogP contribution in [0.4, 0.5) is 0 Å². The maximum Gasteiger partial charge on any atom is 0.323 e. The number of esters is 1. The second-order valence-electron chi connectivity index (χ2n) is 7.45. The van der Waals surface area contributed by atoms with E-state index in [1.54, 1.807) is 0 Å². The lowest BCUT2D eigenvalue weighted by atomic mass is 10.0. The van der Waals surface area contributed by atoms with Crippen LogP contribution in [0, 0.1) is 0 Å². The van der Waals surface area contributed by atoms with Gasteiger partial charge in [-0.15, -0.1) is 0 Å². The van der Waals surface area contributed by atoms with E-state index in [-0.39, 0.29) is 30.0 Å². The standard InChI is InChI=1S/C16H30N2O3/c1-7-16(5,6)17-13(19)11-18-10-8-9-12(18)14(20)21-15(2,3)4/h12H,7-11H2,1-6H3,(H,17,19)/t12-/m0/s1. The molecule has 1 aliphatic heterocycles. The van der Waals surface area contributed by atoms with Crippen LogP contribution in [0.15, 0.2) is 0 Å². The first-order chi connectivity index (χ1) is 9.54. The van der Waals surface area contributed by atoms with Crippen molar-refractivity contribution in [2.45, 2.75) is 78.0 Å². The van der Waals surface area contributed by atoms with Crippen molar-refractivity contribution in [3.05, 3.63) is 0 Å². The van der Waals surface area contributed by atoms with Crippen LogP contribution in [-0.4, -0.2) is 47.0 Å². The summed E-state index contributed by atoms with van der Waals surface area (Å²) in [6, 6.07) is -0.292. The molecule has 1 heterocycles. The molecule has 1 rings (SSSR count). The number of nitrogens with zero attached hydrogens (tertiary/aromatic N) is 1. The topological polar surface area (TPSA) is 58.6 Å². The van der Waals surface area contributed by atoms with Gasteiger partial charge in [-0.25, -0.2) is 0 Å². The maximum atomic E-state index is 12.2. The number of amides is 1. The predicted octanol–water partition coefficient (Wildman–Crippen LogP) is 2.10. The van der Waals surface area contributed by atoms with E-state index in [1.165, 1.54) is 0 Å². The van der Waals surface area contributed by atoms with E-state index in [0.29, 0.717) is 0 Å². The van der Waals surface area contributed by atoms with Crippen LogP contribution in [0.1, 0.15) is 60.8 Å². The lowest BCUT2D eigenvalue weighted by molar-refractivity contribution is -0.160. The fourth-order valence-electron chi connectivity index (χ4n) is 2.34. The second-order valence-corrected chi connectivity index (χ2v) is 7.45. The van der Waals surface area contributed by atoms with Gasteiger partial charge in [0.05, 0.1) is 6.54 Å². The van der Waals surface area contributed by atoms with E-state index in [4.69, 9.17) is 4.74 Å². The molecule has 5 heteroatoms. The number of carbonyl (C=O) groups excluding carboxylic acids is 2. The minimum atomic E-state index is -0.488. The molecule has 0 bridgehead atoms. The minimum Gasteiger partial charge on any atom is -0.459 e. The Morgan fingerprint density at radius 3 is 2.38 bits per heavy atom. The summed E-state index contributed by atoms with van der Waals surface area (Å²) in [6.45, 7) is 12.7. The molecule has 0 unspecified atom stereocenters. The Morgan fingerprint density at radius 2 is 1.86 bits per heavy atom. The van der Waals surface area contributed by atoms with Gasteiger partial charge in [-0.05, 0) is 60.4 Å². The second kappa shape index (κ2) is 6.77. The number of hydrogen-bond acceptors (Lipinski definition) is 4. The van der Waals surface area contributed by atoms with E-state index in [2.05, 4.69) is 5.32 Å². The van der Waals surface area contributed by atoms with Crippen LogP contribution in [0.5, 0.6) is 0 Å². The summed E-state index contributed by atoms with van der Waals surface area (Å²) in [6.07, 6.45) is 2.56. The predicted molar refractivity (Wildman–Crippen MR) is 83.0 cm³/mol. The van der Waals surface area contributed by atoms with E-state index < -0.39 is 5.60 Å². The van der Waals surface area contributed by atoms with Crippen molar-refractivity contribution in [2.24, 2.45) is 0 Å². The Bertz CT molecular complexity index is 385. The number of carbonyl (C=O) groups is 2. The molecule has 1 amide bonds. The largest absolute Gasteiger partial charge is 0.459 e. The average Bonchev–Trinajstić information content (AvgIpc) is 2.74. The Morgan fingerprint density at radius 1 is 1.24 bits per heavy atom. The lowest BCUT2D eigenvalue weighted by Crippen LogP contribution is -2.50. The number of likely N-dealkylation sites (tertiary alicyclic amines) is 1. The third-order valence-electron chi connectivity index (χ3n) is 3.75. The first-order valence-electron chi connectivity index (χ1n) is 7.82. The van der Waals surface area contributed by atoms with Crippen molar-refractivity contribution in [3.63, 3.8) is 0 Å². The first kappa shape index (κ1) is 18.0. The molecule has 1 atom stereocenters. The summed E-state index contributed by atoms with van der Waals surface area (Å²) < 4.78 is 5.44. The SMILES string of the molecule is CCC(C)(C)NC(=O)CN1CCC[C@H]1C(=O)OC(C)(C)C. The summed E-state index contributed by atoms with van der Waals surface area (Å²) in [7, 11) is 0. The molecule has 21 heavy (non-hydrogen) atoms. The number of nitrogens with one attached hydrogen (secondary N) is 1. The van der Waals surface area contributed by atoms with Gasteiger partial charge < -0.3 is 10.1 Å². The van der Waals surface area contributed by atoms with E-state index in [1.807, 2.05) is 46.4 Å². The highest BCUT2D eigenvalue weighted by Crippen LogP contribution is 2.21. The molecule has 0 saturated carbocycles. The van der Waals surface area contributed by atoms with Crippen LogP contribution >= 0.6 is 0 Å². The highest BCUT2D eigenvalue weighted by molar-refractivity contribution is 5.81. The van der Waals surface area contributed by atoms with Gasteiger partial charge in [0.25, 0.3) is 0 Å². The molecule has 1 N–H and O–H groups in total.